The molecule has 0 N–H and O–H groups in total. The summed E-state index contributed by atoms with van der Waals surface area (Å²) in [6.45, 7) is 4.58. The van der Waals surface area contributed by atoms with E-state index in [0.29, 0.717) is 0 Å². The van der Waals surface area contributed by atoms with Crippen LogP contribution in [0.2, 0.25) is 0 Å². The molecule has 0 heterocycles. The maximum absolute atomic E-state index is 2.32. The van der Waals surface area contributed by atoms with Crippen molar-refractivity contribution in [2.75, 3.05) is 0 Å². The average Bonchev–Trinajstić information content (AvgIpc) is 2.16. The summed E-state index contributed by atoms with van der Waals surface area (Å²) >= 11 is 0. The SMILES string of the molecule is CCC(C)CCc1ccccc1.[LiH]. The molecule has 0 radical (unpaired) electrons. The van der Waals surface area contributed by atoms with Crippen molar-refractivity contribution < 1.29 is 0 Å². The Balaban J connectivity index is 0.00000144. The Morgan fingerprint density at radius 3 is 2.31 bits per heavy atom. The fourth-order valence-electron chi connectivity index (χ4n) is 1.26. The van der Waals surface area contributed by atoms with Crippen LogP contribution < -0.4 is 0 Å². The van der Waals surface area contributed by atoms with Crippen LogP contribution in [0, 0.1) is 5.92 Å². The van der Waals surface area contributed by atoms with Gasteiger partial charge in [-0.2, -0.15) is 0 Å². The van der Waals surface area contributed by atoms with E-state index in [1.165, 1.54) is 24.8 Å². The molecule has 68 valence electrons. The zero-order valence-electron chi connectivity index (χ0n) is 8.09. The Labute approximate surface area is 93.9 Å². The van der Waals surface area contributed by atoms with Crippen molar-refractivity contribution in [1.29, 1.82) is 0 Å². The van der Waals surface area contributed by atoms with Crippen molar-refractivity contribution >= 4 is 18.9 Å². The van der Waals surface area contributed by atoms with Gasteiger partial charge in [-0.3, -0.25) is 0 Å². The normalized spacial score (nSPS) is 11.8. The van der Waals surface area contributed by atoms with Crippen LogP contribution in [0.1, 0.15) is 32.3 Å². The number of benzene rings is 1. The van der Waals surface area contributed by atoms with E-state index in [0.717, 1.165) is 5.92 Å². The third kappa shape index (κ3) is 5.19. The number of rotatable bonds is 4. The quantitative estimate of drug-likeness (QED) is 0.609. The van der Waals surface area contributed by atoms with Crippen LogP contribution in [-0.4, -0.2) is 18.9 Å². The molecule has 0 aromatic heterocycles. The zero-order chi connectivity index (χ0) is 8.81. The molecule has 0 aliphatic heterocycles. The minimum atomic E-state index is 0. The molecule has 0 saturated heterocycles. The van der Waals surface area contributed by atoms with Gasteiger partial charge in [0.15, 0.2) is 0 Å². The Morgan fingerprint density at radius 1 is 1.15 bits per heavy atom. The van der Waals surface area contributed by atoms with Gasteiger partial charge < -0.3 is 0 Å². The van der Waals surface area contributed by atoms with Gasteiger partial charge >= 0.3 is 18.9 Å². The standard InChI is InChI=1S/C12H18.Li.H/c1-3-11(2)9-10-12-7-5-4-6-8-12;;/h4-8,11H,3,9-10H2,1-2H3;;. The molecule has 13 heavy (non-hydrogen) atoms. The summed E-state index contributed by atoms with van der Waals surface area (Å²) in [5.74, 6) is 0.866. The summed E-state index contributed by atoms with van der Waals surface area (Å²) < 4.78 is 0. The van der Waals surface area contributed by atoms with Crippen LogP contribution in [-0.2, 0) is 6.42 Å². The second kappa shape index (κ2) is 7.24. The van der Waals surface area contributed by atoms with E-state index in [1.807, 2.05) is 0 Å². The van der Waals surface area contributed by atoms with Crippen LogP contribution in [0.15, 0.2) is 30.3 Å². The first-order valence-corrected chi connectivity index (χ1v) is 4.87. The first-order valence-electron chi connectivity index (χ1n) is 4.87. The molecule has 0 saturated carbocycles. The average molecular weight is 170 g/mol. The summed E-state index contributed by atoms with van der Waals surface area (Å²) in [6, 6.07) is 10.7. The number of aryl methyl sites for hydroxylation is 1. The van der Waals surface area contributed by atoms with Gasteiger partial charge in [-0.15, -0.1) is 0 Å². The molecule has 1 atom stereocenters. The Morgan fingerprint density at radius 2 is 1.77 bits per heavy atom. The molecule has 0 amide bonds. The van der Waals surface area contributed by atoms with Gasteiger partial charge in [0, 0.05) is 0 Å². The van der Waals surface area contributed by atoms with Crippen LogP contribution in [0.4, 0.5) is 0 Å². The van der Waals surface area contributed by atoms with Gasteiger partial charge in [-0.1, -0.05) is 50.6 Å². The molecule has 0 fully saturated rings. The van der Waals surface area contributed by atoms with Crippen molar-refractivity contribution in [1.82, 2.24) is 0 Å². The molecule has 0 aliphatic rings. The van der Waals surface area contributed by atoms with E-state index < -0.39 is 0 Å². The summed E-state index contributed by atoms with van der Waals surface area (Å²) in [5.41, 5.74) is 1.47. The molecule has 1 rings (SSSR count). The van der Waals surface area contributed by atoms with E-state index >= 15 is 0 Å². The second-order valence-electron chi connectivity index (χ2n) is 3.54. The Kier molecular flexibility index (Phi) is 7.14. The first kappa shape index (κ1) is 12.8. The topological polar surface area (TPSA) is 0 Å². The molecule has 1 aromatic rings. The number of hydrogen-bond acceptors (Lipinski definition) is 0. The summed E-state index contributed by atoms with van der Waals surface area (Å²) in [7, 11) is 0. The predicted octanol–water partition coefficient (Wildman–Crippen LogP) is 3.02. The molecule has 0 bridgehead atoms. The van der Waals surface area contributed by atoms with Crippen LogP contribution in [0.3, 0.4) is 0 Å². The molecule has 1 heteroatoms. The monoisotopic (exact) mass is 170 g/mol. The Bertz CT molecular complexity index is 206. The predicted molar refractivity (Wildman–Crippen MR) is 61.4 cm³/mol. The van der Waals surface area contributed by atoms with Gasteiger partial charge in [-0.05, 0) is 24.3 Å². The van der Waals surface area contributed by atoms with Crippen molar-refractivity contribution in [3.8, 4) is 0 Å². The number of hydrogen-bond donors (Lipinski definition) is 0. The molecule has 1 aromatic carbocycles. The first-order chi connectivity index (χ1) is 5.83. The van der Waals surface area contributed by atoms with Gasteiger partial charge in [0.05, 0.1) is 0 Å². The molecular formula is C12H19Li. The van der Waals surface area contributed by atoms with Crippen LogP contribution in [0.5, 0.6) is 0 Å². The molecule has 0 spiro atoms. The molecule has 0 nitrogen and oxygen atoms in total. The molecule has 0 aliphatic carbocycles. The van der Waals surface area contributed by atoms with Gasteiger partial charge in [0.1, 0.15) is 0 Å². The van der Waals surface area contributed by atoms with Crippen LogP contribution >= 0.6 is 0 Å². The third-order valence-corrected chi connectivity index (χ3v) is 2.47. The van der Waals surface area contributed by atoms with Crippen molar-refractivity contribution in [3.63, 3.8) is 0 Å². The maximum atomic E-state index is 2.32. The summed E-state index contributed by atoms with van der Waals surface area (Å²) in [5, 5.41) is 0. The van der Waals surface area contributed by atoms with Crippen LogP contribution in [0.25, 0.3) is 0 Å². The van der Waals surface area contributed by atoms with E-state index in [-0.39, 0.29) is 18.9 Å². The fraction of sp³-hybridized carbons (Fsp3) is 0.500. The van der Waals surface area contributed by atoms with Crippen molar-refractivity contribution in [2.24, 2.45) is 5.92 Å². The van der Waals surface area contributed by atoms with Gasteiger partial charge in [0.2, 0.25) is 0 Å². The second-order valence-corrected chi connectivity index (χ2v) is 3.54. The minimum absolute atomic E-state index is 0. The van der Waals surface area contributed by atoms with E-state index in [9.17, 15) is 0 Å². The molecule has 1 unspecified atom stereocenters. The fourth-order valence-corrected chi connectivity index (χ4v) is 1.26. The van der Waals surface area contributed by atoms with E-state index in [2.05, 4.69) is 44.2 Å². The van der Waals surface area contributed by atoms with Gasteiger partial charge in [0.25, 0.3) is 0 Å². The third-order valence-electron chi connectivity index (χ3n) is 2.47. The van der Waals surface area contributed by atoms with Gasteiger partial charge in [-0.25, -0.2) is 0 Å². The van der Waals surface area contributed by atoms with E-state index in [1.54, 1.807) is 0 Å². The zero-order valence-corrected chi connectivity index (χ0v) is 8.09. The summed E-state index contributed by atoms with van der Waals surface area (Å²) in [6.07, 6.45) is 3.85. The Hall–Kier alpha value is -0.183. The molecular weight excluding hydrogens is 151 g/mol. The van der Waals surface area contributed by atoms with Crippen molar-refractivity contribution in [3.05, 3.63) is 35.9 Å². The van der Waals surface area contributed by atoms with Crippen molar-refractivity contribution in [2.45, 2.75) is 33.1 Å². The summed E-state index contributed by atoms with van der Waals surface area (Å²) in [4.78, 5) is 0. The van der Waals surface area contributed by atoms with E-state index in [4.69, 9.17) is 0 Å².